The van der Waals surface area contributed by atoms with E-state index in [4.69, 9.17) is 0 Å². The first-order chi connectivity index (χ1) is 10.8. The molecule has 0 bridgehead atoms. The molecule has 0 saturated heterocycles. The molecule has 1 unspecified atom stereocenters. The number of amides is 1. The Hall–Kier alpha value is -2.27. The van der Waals surface area contributed by atoms with Gasteiger partial charge in [0.1, 0.15) is 18.2 Å². The molecule has 0 aliphatic heterocycles. The number of quaternary nitrogens is 1. The van der Waals surface area contributed by atoms with Crippen molar-refractivity contribution in [2.75, 3.05) is 18.9 Å². The Morgan fingerprint density at radius 3 is 2.57 bits per heavy atom. The molecular weight excluding hydrogens is 298 g/mol. The van der Waals surface area contributed by atoms with Crippen molar-refractivity contribution < 1.29 is 18.5 Å². The van der Waals surface area contributed by atoms with E-state index in [0.717, 1.165) is 28.7 Å². The van der Waals surface area contributed by atoms with E-state index in [0.29, 0.717) is 6.54 Å². The van der Waals surface area contributed by atoms with Crippen LogP contribution in [-0.4, -0.2) is 19.5 Å². The second kappa shape index (κ2) is 7.33. The Bertz CT molecular complexity index is 716. The fourth-order valence-electron chi connectivity index (χ4n) is 2.49. The number of benzene rings is 2. The van der Waals surface area contributed by atoms with E-state index < -0.39 is 11.6 Å². The summed E-state index contributed by atoms with van der Waals surface area (Å²) in [7, 11) is 1.89. The van der Waals surface area contributed by atoms with Gasteiger partial charge in [-0.15, -0.1) is 0 Å². The SMILES string of the molecule is Cc1ccc(C[NH+](C)CC(=O)Nc2cc(F)ccc2F)c(C)c1. The summed E-state index contributed by atoms with van der Waals surface area (Å²) in [5, 5.41) is 2.42. The lowest BCUT2D eigenvalue weighted by molar-refractivity contribution is -0.885. The third-order valence-corrected chi connectivity index (χ3v) is 3.66. The molecule has 0 radical (unpaired) electrons. The first-order valence-electron chi connectivity index (χ1n) is 7.47. The monoisotopic (exact) mass is 319 g/mol. The van der Waals surface area contributed by atoms with Crippen molar-refractivity contribution in [3.8, 4) is 0 Å². The molecule has 2 aromatic carbocycles. The second-order valence-electron chi connectivity index (χ2n) is 5.91. The largest absolute Gasteiger partial charge is 0.326 e. The molecule has 122 valence electrons. The lowest BCUT2D eigenvalue weighted by atomic mass is 10.1. The lowest BCUT2D eigenvalue weighted by Gasteiger charge is -2.15. The van der Waals surface area contributed by atoms with Crippen molar-refractivity contribution in [1.29, 1.82) is 0 Å². The highest BCUT2D eigenvalue weighted by Crippen LogP contribution is 2.14. The highest BCUT2D eigenvalue weighted by atomic mass is 19.1. The molecule has 1 atom stereocenters. The van der Waals surface area contributed by atoms with E-state index in [2.05, 4.69) is 17.4 Å². The van der Waals surface area contributed by atoms with Gasteiger partial charge in [0.2, 0.25) is 0 Å². The van der Waals surface area contributed by atoms with Gasteiger partial charge in [0.15, 0.2) is 6.54 Å². The summed E-state index contributed by atoms with van der Waals surface area (Å²) in [5.41, 5.74) is 3.41. The van der Waals surface area contributed by atoms with Crippen LogP contribution in [-0.2, 0) is 11.3 Å². The standard InChI is InChI=1S/C18H20F2N2O/c1-12-4-5-14(13(2)8-12)10-22(3)11-18(23)21-17-9-15(19)6-7-16(17)20/h4-9H,10-11H2,1-3H3,(H,21,23)/p+1. The van der Waals surface area contributed by atoms with Crippen molar-refractivity contribution in [3.63, 3.8) is 0 Å². The van der Waals surface area contributed by atoms with Gasteiger partial charge in [-0.1, -0.05) is 23.8 Å². The number of hydrogen-bond acceptors (Lipinski definition) is 1. The molecule has 1 amide bonds. The molecule has 0 aliphatic carbocycles. The molecule has 23 heavy (non-hydrogen) atoms. The first-order valence-corrected chi connectivity index (χ1v) is 7.47. The Balaban J connectivity index is 1.95. The van der Waals surface area contributed by atoms with Gasteiger partial charge in [0.05, 0.1) is 12.7 Å². The second-order valence-corrected chi connectivity index (χ2v) is 5.91. The number of carbonyl (C=O) groups excluding carboxylic acids is 1. The predicted molar refractivity (Wildman–Crippen MR) is 86.4 cm³/mol. The van der Waals surface area contributed by atoms with Gasteiger partial charge < -0.3 is 10.2 Å². The van der Waals surface area contributed by atoms with Gasteiger partial charge in [-0.2, -0.15) is 0 Å². The summed E-state index contributed by atoms with van der Waals surface area (Å²) in [5.74, 6) is -1.58. The molecule has 0 spiro atoms. The number of hydrogen-bond donors (Lipinski definition) is 2. The number of nitrogens with one attached hydrogen (secondary N) is 2. The number of carbonyl (C=O) groups is 1. The van der Waals surface area contributed by atoms with E-state index in [9.17, 15) is 13.6 Å². The summed E-state index contributed by atoms with van der Waals surface area (Å²) in [6, 6.07) is 9.19. The van der Waals surface area contributed by atoms with Crippen LogP contribution < -0.4 is 10.2 Å². The third kappa shape index (κ3) is 4.86. The van der Waals surface area contributed by atoms with Gasteiger partial charge in [-0.25, -0.2) is 8.78 Å². The minimum Gasteiger partial charge on any atom is -0.326 e. The van der Waals surface area contributed by atoms with E-state index in [1.807, 2.05) is 27.0 Å². The van der Waals surface area contributed by atoms with Crippen LogP contribution in [0.4, 0.5) is 14.5 Å². The number of anilines is 1. The van der Waals surface area contributed by atoms with Crippen LogP contribution in [0.2, 0.25) is 0 Å². The zero-order valence-electron chi connectivity index (χ0n) is 13.5. The number of aryl methyl sites for hydroxylation is 2. The molecule has 2 N–H and O–H groups in total. The van der Waals surface area contributed by atoms with Crippen molar-refractivity contribution in [2.24, 2.45) is 0 Å². The molecule has 2 aromatic rings. The quantitative estimate of drug-likeness (QED) is 0.871. The molecule has 2 rings (SSSR count). The van der Waals surface area contributed by atoms with E-state index in [1.54, 1.807) is 0 Å². The minimum atomic E-state index is -0.646. The Kier molecular flexibility index (Phi) is 5.45. The molecule has 5 heteroatoms. The van der Waals surface area contributed by atoms with Crippen molar-refractivity contribution in [2.45, 2.75) is 20.4 Å². The fourth-order valence-corrected chi connectivity index (χ4v) is 2.49. The molecule has 0 fully saturated rings. The topological polar surface area (TPSA) is 33.5 Å². The van der Waals surface area contributed by atoms with Crippen LogP contribution in [0.25, 0.3) is 0 Å². The summed E-state index contributed by atoms with van der Waals surface area (Å²) >= 11 is 0. The van der Waals surface area contributed by atoms with Crippen LogP contribution in [0.3, 0.4) is 0 Å². The first kappa shape index (κ1) is 17.1. The van der Waals surface area contributed by atoms with E-state index in [1.165, 1.54) is 11.1 Å². The molecule has 0 aliphatic rings. The zero-order valence-corrected chi connectivity index (χ0v) is 13.5. The number of halogens is 2. The Morgan fingerprint density at radius 1 is 1.13 bits per heavy atom. The third-order valence-electron chi connectivity index (χ3n) is 3.66. The Morgan fingerprint density at radius 2 is 1.87 bits per heavy atom. The van der Waals surface area contributed by atoms with Gasteiger partial charge in [0, 0.05) is 11.6 Å². The van der Waals surface area contributed by atoms with Crippen LogP contribution >= 0.6 is 0 Å². The van der Waals surface area contributed by atoms with E-state index >= 15 is 0 Å². The average Bonchev–Trinajstić information content (AvgIpc) is 2.46. The van der Waals surface area contributed by atoms with Crippen LogP contribution in [0.5, 0.6) is 0 Å². The lowest BCUT2D eigenvalue weighted by Crippen LogP contribution is -3.08. The molecule has 0 aromatic heterocycles. The van der Waals surface area contributed by atoms with Crippen molar-refractivity contribution in [1.82, 2.24) is 0 Å². The molecule has 0 saturated carbocycles. The highest BCUT2D eigenvalue weighted by Gasteiger charge is 2.14. The maximum atomic E-state index is 13.5. The molecule has 0 heterocycles. The summed E-state index contributed by atoms with van der Waals surface area (Å²) in [6.07, 6.45) is 0. The van der Waals surface area contributed by atoms with Gasteiger partial charge >= 0.3 is 0 Å². The normalized spacial score (nSPS) is 12.0. The van der Waals surface area contributed by atoms with Crippen molar-refractivity contribution >= 4 is 11.6 Å². The summed E-state index contributed by atoms with van der Waals surface area (Å²) in [4.78, 5) is 13.0. The summed E-state index contributed by atoms with van der Waals surface area (Å²) < 4.78 is 26.6. The number of rotatable bonds is 5. The van der Waals surface area contributed by atoms with Crippen LogP contribution in [0.15, 0.2) is 36.4 Å². The van der Waals surface area contributed by atoms with Crippen LogP contribution in [0, 0.1) is 25.5 Å². The smallest absolute Gasteiger partial charge is 0.279 e. The fraction of sp³-hybridized carbons (Fsp3) is 0.278. The van der Waals surface area contributed by atoms with E-state index in [-0.39, 0.29) is 18.1 Å². The average molecular weight is 319 g/mol. The molecular formula is C18H21F2N2O+. The van der Waals surface area contributed by atoms with Crippen LogP contribution in [0.1, 0.15) is 16.7 Å². The number of likely N-dealkylation sites (N-methyl/N-ethyl adjacent to an activating group) is 1. The highest BCUT2D eigenvalue weighted by molar-refractivity contribution is 5.91. The van der Waals surface area contributed by atoms with Gasteiger partial charge in [0.25, 0.3) is 5.91 Å². The molecule has 3 nitrogen and oxygen atoms in total. The zero-order chi connectivity index (χ0) is 17.0. The Labute approximate surface area is 134 Å². The summed E-state index contributed by atoms with van der Waals surface area (Å²) in [6.45, 7) is 4.93. The van der Waals surface area contributed by atoms with Crippen molar-refractivity contribution in [3.05, 3.63) is 64.7 Å². The predicted octanol–water partition coefficient (Wildman–Crippen LogP) is 2.24. The minimum absolute atomic E-state index is 0.130. The van der Waals surface area contributed by atoms with Gasteiger partial charge in [-0.05, 0) is 31.5 Å². The maximum absolute atomic E-state index is 13.5. The van der Waals surface area contributed by atoms with Gasteiger partial charge in [-0.3, -0.25) is 4.79 Å². The maximum Gasteiger partial charge on any atom is 0.279 e.